The zero-order valence-corrected chi connectivity index (χ0v) is 16.1. The summed E-state index contributed by atoms with van der Waals surface area (Å²) >= 11 is 0. The average molecular weight is 376 g/mol. The Hall–Kier alpha value is -3.03. The van der Waals surface area contributed by atoms with E-state index in [0.717, 1.165) is 0 Å². The van der Waals surface area contributed by atoms with Gasteiger partial charge in [0.25, 0.3) is 11.5 Å². The number of benzene rings is 1. The van der Waals surface area contributed by atoms with Crippen LogP contribution >= 0.6 is 0 Å². The van der Waals surface area contributed by atoms with Crippen molar-refractivity contribution in [1.82, 2.24) is 10.3 Å². The van der Waals surface area contributed by atoms with Gasteiger partial charge in [-0.1, -0.05) is 0 Å². The van der Waals surface area contributed by atoms with Gasteiger partial charge in [0, 0.05) is 17.8 Å². The van der Waals surface area contributed by atoms with Crippen LogP contribution in [0.4, 0.5) is 0 Å². The highest BCUT2D eigenvalue weighted by atomic mass is 16.6. The number of hydrogen-bond acceptors (Lipinski definition) is 6. The van der Waals surface area contributed by atoms with Crippen molar-refractivity contribution in [3.05, 3.63) is 34.1 Å². The van der Waals surface area contributed by atoms with Crippen LogP contribution in [0.2, 0.25) is 0 Å². The molecule has 146 valence electrons. The summed E-state index contributed by atoms with van der Waals surface area (Å²) in [6.45, 7) is 6.95. The molecule has 2 rings (SSSR count). The van der Waals surface area contributed by atoms with Gasteiger partial charge in [0.15, 0.2) is 11.5 Å². The minimum absolute atomic E-state index is 0.00783. The SMILES string of the molecule is COc1ccc2cc(C(=O)NC(C)(C)C)c(=O)[nH]c2c1OCCOC(C)=O. The second kappa shape index (κ2) is 8.11. The van der Waals surface area contributed by atoms with E-state index in [0.29, 0.717) is 22.4 Å². The van der Waals surface area contributed by atoms with Crippen LogP contribution in [0.3, 0.4) is 0 Å². The fourth-order valence-electron chi connectivity index (χ4n) is 2.44. The zero-order valence-electron chi connectivity index (χ0n) is 16.1. The normalized spacial score (nSPS) is 11.1. The van der Waals surface area contributed by atoms with Crippen molar-refractivity contribution in [1.29, 1.82) is 0 Å². The highest BCUT2D eigenvalue weighted by Gasteiger charge is 2.20. The number of amides is 1. The molecule has 0 saturated carbocycles. The number of nitrogens with one attached hydrogen (secondary N) is 2. The molecule has 1 heterocycles. The second-order valence-electron chi connectivity index (χ2n) is 6.97. The van der Waals surface area contributed by atoms with Crippen LogP contribution in [0.15, 0.2) is 23.0 Å². The zero-order chi connectivity index (χ0) is 20.2. The second-order valence-corrected chi connectivity index (χ2v) is 6.97. The molecule has 0 aliphatic heterocycles. The number of hydrogen-bond donors (Lipinski definition) is 2. The van der Waals surface area contributed by atoms with E-state index in [-0.39, 0.29) is 18.8 Å². The van der Waals surface area contributed by atoms with E-state index in [1.165, 1.54) is 20.1 Å². The molecule has 1 aromatic heterocycles. The molecule has 2 aromatic rings. The lowest BCUT2D eigenvalue weighted by molar-refractivity contribution is -0.141. The third-order valence-corrected chi connectivity index (χ3v) is 3.52. The van der Waals surface area contributed by atoms with Crippen LogP contribution in [-0.4, -0.2) is 42.7 Å². The molecule has 0 aliphatic carbocycles. The van der Waals surface area contributed by atoms with Crippen molar-refractivity contribution in [3.63, 3.8) is 0 Å². The van der Waals surface area contributed by atoms with Crippen LogP contribution < -0.4 is 20.3 Å². The van der Waals surface area contributed by atoms with Crippen molar-refractivity contribution in [3.8, 4) is 11.5 Å². The number of aromatic nitrogens is 1. The van der Waals surface area contributed by atoms with Crippen LogP contribution in [0.1, 0.15) is 38.1 Å². The largest absolute Gasteiger partial charge is 0.493 e. The van der Waals surface area contributed by atoms with Gasteiger partial charge in [-0.05, 0) is 39.0 Å². The molecule has 0 bridgehead atoms. The summed E-state index contributed by atoms with van der Waals surface area (Å²) < 4.78 is 15.8. The maximum absolute atomic E-state index is 12.4. The first-order chi connectivity index (χ1) is 12.6. The van der Waals surface area contributed by atoms with Crippen LogP contribution in [0.5, 0.6) is 11.5 Å². The summed E-state index contributed by atoms with van der Waals surface area (Å²) in [4.78, 5) is 38.4. The fourth-order valence-corrected chi connectivity index (χ4v) is 2.44. The van der Waals surface area contributed by atoms with Crippen LogP contribution in [0.25, 0.3) is 10.9 Å². The maximum atomic E-state index is 12.4. The van der Waals surface area contributed by atoms with E-state index >= 15 is 0 Å². The first-order valence-corrected chi connectivity index (χ1v) is 8.45. The summed E-state index contributed by atoms with van der Waals surface area (Å²) in [5.74, 6) is -0.153. The van der Waals surface area contributed by atoms with Gasteiger partial charge >= 0.3 is 5.97 Å². The van der Waals surface area contributed by atoms with Crippen molar-refractivity contribution in [2.75, 3.05) is 20.3 Å². The third-order valence-electron chi connectivity index (χ3n) is 3.52. The lowest BCUT2D eigenvalue weighted by Gasteiger charge is -2.20. The highest BCUT2D eigenvalue weighted by Crippen LogP contribution is 2.34. The Labute approximate surface area is 156 Å². The van der Waals surface area contributed by atoms with E-state index in [1.807, 2.05) is 20.8 Å². The predicted octanol–water partition coefficient (Wildman–Crippen LogP) is 2.01. The van der Waals surface area contributed by atoms with Crippen LogP contribution in [-0.2, 0) is 9.53 Å². The number of carbonyl (C=O) groups excluding carboxylic acids is 2. The molecule has 1 amide bonds. The Morgan fingerprint density at radius 3 is 2.48 bits per heavy atom. The fraction of sp³-hybridized carbons (Fsp3) is 0.421. The number of ether oxygens (including phenoxy) is 3. The standard InChI is InChI=1S/C19H24N2O6/c1-11(22)26-8-9-27-16-14(25-5)7-6-12-10-13(17(23)20-15(12)16)18(24)21-19(2,3)4/h6-7,10H,8-9H2,1-5H3,(H,20,23)(H,21,24). The smallest absolute Gasteiger partial charge is 0.302 e. The van der Waals surface area contributed by atoms with Crippen molar-refractivity contribution < 1.29 is 23.8 Å². The summed E-state index contributed by atoms with van der Waals surface area (Å²) in [5.41, 5.74) is -0.603. The van der Waals surface area contributed by atoms with Crippen LogP contribution in [0, 0.1) is 0 Å². The quantitative estimate of drug-likeness (QED) is 0.590. The molecule has 0 fully saturated rings. The van der Waals surface area contributed by atoms with E-state index in [1.54, 1.807) is 12.1 Å². The maximum Gasteiger partial charge on any atom is 0.302 e. The Morgan fingerprint density at radius 2 is 1.89 bits per heavy atom. The lowest BCUT2D eigenvalue weighted by atomic mass is 10.1. The number of esters is 1. The molecule has 8 nitrogen and oxygen atoms in total. The molecule has 0 unspecified atom stereocenters. The number of carbonyl (C=O) groups is 2. The average Bonchev–Trinajstić information content (AvgIpc) is 2.56. The Bertz CT molecular complexity index is 911. The number of rotatable bonds is 6. The van der Waals surface area contributed by atoms with Gasteiger partial charge in [-0.25, -0.2) is 0 Å². The molecule has 0 saturated heterocycles. The third kappa shape index (κ3) is 5.22. The number of methoxy groups -OCH3 is 1. The highest BCUT2D eigenvalue weighted by molar-refractivity contribution is 5.98. The molecule has 0 aliphatic rings. The molecule has 8 heteroatoms. The number of H-pyrrole nitrogens is 1. The monoisotopic (exact) mass is 376 g/mol. The summed E-state index contributed by atoms with van der Waals surface area (Å²) in [5, 5.41) is 3.38. The Kier molecular flexibility index (Phi) is 6.09. The Balaban J connectivity index is 2.41. The number of aromatic amines is 1. The van der Waals surface area contributed by atoms with Gasteiger partial charge in [0.2, 0.25) is 0 Å². The molecule has 0 atom stereocenters. The molecule has 27 heavy (non-hydrogen) atoms. The van der Waals surface area contributed by atoms with Gasteiger partial charge in [-0.15, -0.1) is 0 Å². The van der Waals surface area contributed by atoms with Gasteiger partial charge in [-0.2, -0.15) is 0 Å². The van der Waals surface area contributed by atoms with Crippen molar-refractivity contribution in [2.24, 2.45) is 0 Å². The van der Waals surface area contributed by atoms with E-state index in [2.05, 4.69) is 10.3 Å². The molecule has 0 radical (unpaired) electrons. The van der Waals surface area contributed by atoms with Gasteiger partial charge in [0.1, 0.15) is 18.8 Å². The minimum Gasteiger partial charge on any atom is -0.493 e. The molecular weight excluding hydrogens is 352 g/mol. The summed E-state index contributed by atoms with van der Waals surface area (Å²) in [6, 6.07) is 4.90. The minimum atomic E-state index is -0.540. The van der Waals surface area contributed by atoms with E-state index in [9.17, 15) is 14.4 Å². The van der Waals surface area contributed by atoms with Gasteiger partial charge in [-0.3, -0.25) is 14.4 Å². The van der Waals surface area contributed by atoms with Crippen molar-refractivity contribution >= 4 is 22.8 Å². The molecule has 1 aromatic carbocycles. The number of fused-ring (bicyclic) bond motifs is 1. The first-order valence-electron chi connectivity index (χ1n) is 8.45. The summed E-state index contributed by atoms with van der Waals surface area (Å²) in [7, 11) is 1.48. The number of pyridine rings is 1. The van der Waals surface area contributed by atoms with E-state index in [4.69, 9.17) is 14.2 Å². The first kappa shape index (κ1) is 20.3. The van der Waals surface area contributed by atoms with Crippen molar-refractivity contribution in [2.45, 2.75) is 33.2 Å². The molecule has 0 spiro atoms. The predicted molar refractivity (Wildman–Crippen MR) is 100 cm³/mol. The topological polar surface area (TPSA) is 107 Å². The Morgan fingerprint density at radius 1 is 1.19 bits per heavy atom. The van der Waals surface area contributed by atoms with Gasteiger partial charge in [0.05, 0.1) is 12.6 Å². The van der Waals surface area contributed by atoms with E-state index < -0.39 is 23.0 Å². The molecule has 2 N–H and O–H groups in total. The molecular formula is C19H24N2O6. The summed E-state index contributed by atoms with van der Waals surface area (Å²) in [6.07, 6.45) is 0. The van der Waals surface area contributed by atoms with Gasteiger partial charge < -0.3 is 24.5 Å². The lowest BCUT2D eigenvalue weighted by Crippen LogP contribution is -2.42.